The molecule has 4 rings (SSSR count). The molecule has 0 fully saturated rings. The summed E-state index contributed by atoms with van der Waals surface area (Å²) in [5.41, 5.74) is 1.64. The number of hydrogen-bond donors (Lipinski definition) is 1. The van der Waals surface area contributed by atoms with E-state index in [0.717, 1.165) is 25.8 Å². The lowest BCUT2D eigenvalue weighted by Crippen LogP contribution is -2.13. The van der Waals surface area contributed by atoms with E-state index in [1.165, 1.54) is 23.1 Å². The van der Waals surface area contributed by atoms with Crippen LogP contribution in [0.4, 0.5) is 5.69 Å². The molecule has 0 unspecified atom stereocenters. The fourth-order valence-electron chi connectivity index (χ4n) is 2.59. The highest BCUT2D eigenvalue weighted by molar-refractivity contribution is 9.10. The molecule has 2 aromatic heterocycles. The molecule has 0 spiro atoms. The highest BCUT2D eigenvalue weighted by Crippen LogP contribution is 2.30. The smallest absolute Gasteiger partial charge is 0.235 e. The molecule has 1 N–H and O–H groups in total. The average Bonchev–Trinajstić information content (AvgIpc) is 3.29. The monoisotopic (exact) mass is 489 g/mol. The molecule has 0 aliphatic carbocycles. The summed E-state index contributed by atoms with van der Waals surface area (Å²) in [4.78, 5) is 12.9. The minimum atomic E-state index is -0.101. The summed E-state index contributed by atoms with van der Waals surface area (Å²) < 4.78 is 8.78. The first-order chi connectivity index (χ1) is 14.1. The van der Waals surface area contributed by atoms with Crippen molar-refractivity contribution in [1.29, 1.82) is 0 Å². The molecular formula is C19H16BrN5O2S2. The Balaban J connectivity index is 1.41. The van der Waals surface area contributed by atoms with Crippen molar-refractivity contribution >= 4 is 55.6 Å². The molecule has 0 bridgehead atoms. The summed E-state index contributed by atoms with van der Waals surface area (Å²) in [6, 6.07) is 15.1. The molecule has 2 aromatic carbocycles. The number of anilines is 1. The lowest BCUT2D eigenvalue weighted by atomic mass is 10.2. The van der Waals surface area contributed by atoms with Gasteiger partial charge in [0.15, 0.2) is 10.2 Å². The fraction of sp³-hybridized carbons (Fsp3) is 0.158. The Hall–Kier alpha value is -2.43. The van der Waals surface area contributed by atoms with E-state index in [9.17, 15) is 4.79 Å². The summed E-state index contributed by atoms with van der Waals surface area (Å²) in [7, 11) is 0. The standard InChI is InChI=1S/C19H16BrN5O2S2/c1-2-27-13-9-7-12(8-10-13)21-16(26)11-28-19-24-25-17(22-23-18(25)29-19)14-5-3-4-6-15(14)20/h3-10H,2,11H2,1H3,(H,21,26). The minimum absolute atomic E-state index is 0.101. The topological polar surface area (TPSA) is 81.4 Å². The van der Waals surface area contributed by atoms with Gasteiger partial charge in [0, 0.05) is 15.7 Å². The van der Waals surface area contributed by atoms with Gasteiger partial charge in [0.05, 0.1) is 12.4 Å². The number of hydrogen-bond acceptors (Lipinski definition) is 7. The largest absolute Gasteiger partial charge is 0.494 e. The van der Waals surface area contributed by atoms with Gasteiger partial charge in [0.1, 0.15) is 5.75 Å². The van der Waals surface area contributed by atoms with Gasteiger partial charge in [-0.1, -0.05) is 51.2 Å². The molecule has 0 radical (unpaired) electrons. The second-order valence-corrected chi connectivity index (χ2v) is 8.89. The van der Waals surface area contributed by atoms with E-state index < -0.39 is 0 Å². The molecule has 0 saturated carbocycles. The molecule has 2 heterocycles. The van der Waals surface area contributed by atoms with Crippen LogP contribution < -0.4 is 10.1 Å². The molecular weight excluding hydrogens is 474 g/mol. The number of carbonyl (C=O) groups is 1. The average molecular weight is 490 g/mol. The zero-order valence-electron chi connectivity index (χ0n) is 15.3. The second kappa shape index (κ2) is 8.93. The van der Waals surface area contributed by atoms with E-state index in [0.29, 0.717) is 17.4 Å². The lowest BCUT2D eigenvalue weighted by molar-refractivity contribution is -0.113. The highest BCUT2D eigenvalue weighted by atomic mass is 79.9. The molecule has 0 saturated heterocycles. The number of nitrogens with one attached hydrogen (secondary N) is 1. The number of rotatable bonds is 7. The van der Waals surface area contributed by atoms with Crippen molar-refractivity contribution in [3.63, 3.8) is 0 Å². The van der Waals surface area contributed by atoms with Crippen LogP contribution in [0.2, 0.25) is 0 Å². The van der Waals surface area contributed by atoms with Crippen LogP contribution in [-0.2, 0) is 4.79 Å². The molecule has 4 aromatic rings. The Kier molecular flexibility index (Phi) is 6.12. The van der Waals surface area contributed by atoms with Gasteiger partial charge in [-0.3, -0.25) is 4.79 Å². The summed E-state index contributed by atoms with van der Waals surface area (Å²) >= 11 is 6.30. The Morgan fingerprint density at radius 3 is 2.76 bits per heavy atom. The number of ether oxygens (including phenoxy) is 1. The van der Waals surface area contributed by atoms with Crippen molar-refractivity contribution in [3.05, 3.63) is 53.0 Å². The Morgan fingerprint density at radius 1 is 1.21 bits per heavy atom. The van der Waals surface area contributed by atoms with Crippen molar-refractivity contribution in [3.8, 4) is 17.1 Å². The maximum atomic E-state index is 12.3. The number of aromatic nitrogens is 4. The quantitative estimate of drug-likeness (QED) is 0.377. The predicted octanol–water partition coefficient (Wildman–Crippen LogP) is 4.74. The SMILES string of the molecule is CCOc1ccc(NC(=O)CSc2nn3c(-c4ccccc4Br)nnc3s2)cc1. The van der Waals surface area contributed by atoms with Gasteiger partial charge in [-0.2, -0.15) is 4.52 Å². The van der Waals surface area contributed by atoms with Crippen molar-refractivity contribution in [2.75, 3.05) is 17.7 Å². The number of thioether (sulfide) groups is 1. The van der Waals surface area contributed by atoms with E-state index >= 15 is 0 Å². The second-order valence-electron chi connectivity index (χ2n) is 5.86. The molecule has 7 nitrogen and oxygen atoms in total. The van der Waals surface area contributed by atoms with Gasteiger partial charge in [-0.25, -0.2) is 0 Å². The number of halogens is 1. The number of carbonyl (C=O) groups excluding carboxylic acids is 1. The highest BCUT2D eigenvalue weighted by Gasteiger charge is 2.16. The van der Waals surface area contributed by atoms with Crippen molar-refractivity contribution < 1.29 is 9.53 Å². The van der Waals surface area contributed by atoms with Gasteiger partial charge in [-0.05, 0) is 43.3 Å². The van der Waals surface area contributed by atoms with Gasteiger partial charge in [-0.15, -0.1) is 15.3 Å². The molecule has 10 heteroatoms. The molecule has 0 aliphatic rings. The van der Waals surface area contributed by atoms with Crippen LogP contribution in [0.5, 0.6) is 5.75 Å². The molecule has 0 atom stereocenters. The molecule has 148 valence electrons. The number of amides is 1. The first-order valence-corrected chi connectivity index (χ1v) is 11.4. The summed E-state index contributed by atoms with van der Waals surface area (Å²) in [5, 5.41) is 15.9. The maximum absolute atomic E-state index is 12.3. The lowest BCUT2D eigenvalue weighted by Gasteiger charge is -2.06. The van der Waals surface area contributed by atoms with Gasteiger partial charge in [0.2, 0.25) is 10.9 Å². The zero-order valence-corrected chi connectivity index (χ0v) is 18.6. The fourth-order valence-corrected chi connectivity index (χ4v) is 4.73. The molecule has 29 heavy (non-hydrogen) atoms. The van der Waals surface area contributed by atoms with Crippen LogP contribution in [0, 0.1) is 0 Å². The first kappa shape index (κ1) is 19.9. The van der Waals surface area contributed by atoms with E-state index in [2.05, 4.69) is 36.5 Å². The maximum Gasteiger partial charge on any atom is 0.235 e. The third kappa shape index (κ3) is 4.60. The number of fused-ring (bicyclic) bond motifs is 1. The van der Waals surface area contributed by atoms with E-state index in [1.807, 2.05) is 55.5 Å². The van der Waals surface area contributed by atoms with Crippen molar-refractivity contribution in [2.45, 2.75) is 11.3 Å². The third-order valence-electron chi connectivity index (χ3n) is 3.86. The van der Waals surface area contributed by atoms with Crippen molar-refractivity contribution in [2.24, 2.45) is 0 Å². The summed E-state index contributed by atoms with van der Waals surface area (Å²) in [5.74, 6) is 1.59. The Morgan fingerprint density at radius 2 is 2.00 bits per heavy atom. The van der Waals surface area contributed by atoms with Crippen LogP contribution in [0.15, 0.2) is 57.3 Å². The number of nitrogens with zero attached hydrogens (tertiary/aromatic N) is 4. The Labute approximate surface area is 183 Å². The van der Waals surface area contributed by atoms with E-state index in [1.54, 1.807) is 4.52 Å². The normalized spacial score (nSPS) is 11.0. The first-order valence-electron chi connectivity index (χ1n) is 8.76. The summed E-state index contributed by atoms with van der Waals surface area (Å²) in [6.45, 7) is 2.54. The van der Waals surface area contributed by atoms with Crippen LogP contribution in [0.1, 0.15) is 6.92 Å². The van der Waals surface area contributed by atoms with Gasteiger partial charge in [0.25, 0.3) is 0 Å². The van der Waals surface area contributed by atoms with Crippen molar-refractivity contribution in [1.82, 2.24) is 19.8 Å². The van der Waals surface area contributed by atoms with Crippen LogP contribution in [-0.4, -0.2) is 38.1 Å². The molecule has 1 amide bonds. The van der Waals surface area contributed by atoms with Gasteiger partial charge < -0.3 is 10.1 Å². The van der Waals surface area contributed by atoms with Crippen LogP contribution in [0.25, 0.3) is 16.3 Å². The van der Waals surface area contributed by atoms with Gasteiger partial charge >= 0.3 is 0 Å². The summed E-state index contributed by atoms with van der Waals surface area (Å²) in [6.07, 6.45) is 0. The minimum Gasteiger partial charge on any atom is -0.494 e. The predicted molar refractivity (Wildman–Crippen MR) is 119 cm³/mol. The van der Waals surface area contributed by atoms with E-state index in [4.69, 9.17) is 4.74 Å². The third-order valence-corrected chi connectivity index (χ3v) is 6.59. The Bertz CT molecular complexity index is 1140. The number of benzene rings is 2. The zero-order chi connectivity index (χ0) is 20.2. The van der Waals surface area contributed by atoms with Crippen LogP contribution in [0.3, 0.4) is 0 Å². The van der Waals surface area contributed by atoms with Crippen LogP contribution >= 0.6 is 39.0 Å². The molecule has 0 aliphatic heterocycles. The van der Waals surface area contributed by atoms with E-state index in [-0.39, 0.29) is 11.7 Å².